The van der Waals surface area contributed by atoms with Crippen molar-refractivity contribution < 1.29 is 14.2 Å². The lowest BCUT2D eigenvalue weighted by molar-refractivity contribution is 0.0357. The summed E-state index contributed by atoms with van der Waals surface area (Å²) in [4.78, 5) is 11.1. The van der Waals surface area contributed by atoms with Crippen molar-refractivity contribution in [2.24, 2.45) is 5.10 Å². The number of rotatable bonds is 9. The molecule has 8 nitrogen and oxygen atoms in total. The Morgan fingerprint density at radius 2 is 2.00 bits per heavy atom. The molecular weight excluding hydrogens is 465 g/mol. The Balaban J connectivity index is 1.46. The second kappa shape index (κ2) is 11.5. The summed E-state index contributed by atoms with van der Waals surface area (Å²) in [6.45, 7) is 5.06. The lowest BCUT2D eigenvalue weighted by Gasteiger charge is -2.26. The van der Waals surface area contributed by atoms with Crippen molar-refractivity contribution in [3.8, 4) is 11.5 Å². The van der Waals surface area contributed by atoms with Gasteiger partial charge in [0, 0.05) is 41.7 Å². The van der Waals surface area contributed by atoms with Crippen LogP contribution >= 0.6 is 23.2 Å². The summed E-state index contributed by atoms with van der Waals surface area (Å²) < 4.78 is 17.0. The van der Waals surface area contributed by atoms with E-state index in [1.54, 1.807) is 31.5 Å². The van der Waals surface area contributed by atoms with Crippen LogP contribution in [0.4, 0.5) is 5.82 Å². The average Bonchev–Trinajstić information content (AvgIpc) is 2.83. The molecular formula is C23H25Cl2N5O3. The van der Waals surface area contributed by atoms with Gasteiger partial charge in [0.1, 0.15) is 6.33 Å². The van der Waals surface area contributed by atoms with Crippen molar-refractivity contribution in [3.63, 3.8) is 0 Å². The lowest BCUT2D eigenvalue weighted by Crippen LogP contribution is -2.37. The van der Waals surface area contributed by atoms with E-state index in [9.17, 15) is 0 Å². The molecule has 4 rings (SSSR count). The molecule has 1 N–H and O–H groups in total. The van der Waals surface area contributed by atoms with Gasteiger partial charge in [-0.05, 0) is 24.6 Å². The highest BCUT2D eigenvalue weighted by atomic mass is 35.5. The van der Waals surface area contributed by atoms with E-state index >= 15 is 0 Å². The fourth-order valence-corrected chi connectivity index (χ4v) is 3.95. The van der Waals surface area contributed by atoms with Crippen molar-refractivity contribution in [3.05, 3.63) is 52.3 Å². The molecule has 3 aromatic rings. The molecule has 0 atom stereocenters. The van der Waals surface area contributed by atoms with Crippen LogP contribution in [0.25, 0.3) is 10.9 Å². The highest BCUT2D eigenvalue weighted by Gasteiger charge is 2.13. The molecule has 2 heterocycles. The third-order valence-corrected chi connectivity index (χ3v) is 5.80. The molecule has 0 radical (unpaired) electrons. The number of methoxy groups -OCH3 is 1. The zero-order valence-corrected chi connectivity index (χ0v) is 19.8. The van der Waals surface area contributed by atoms with Crippen LogP contribution in [0.2, 0.25) is 10.0 Å². The largest absolute Gasteiger partial charge is 0.493 e. The van der Waals surface area contributed by atoms with E-state index in [0.29, 0.717) is 39.5 Å². The average molecular weight is 490 g/mol. The molecule has 33 heavy (non-hydrogen) atoms. The number of hydrazone groups is 1. The van der Waals surface area contributed by atoms with Crippen LogP contribution in [0.3, 0.4) is 0 Å². The predicted octanol–water partition coefficient (Wildman–Crippen LogP) is 4.49. The summed E-state index contributed by atoms with van der Waals surface area (Å²) in [7, 11) is 1.61. The molecule has 1 saturated heterocycles. The Hall–Kier alpha value is -2.65. The monoisotopic (exact) mass is 489 g/mol. The van der Waals surface area contributed by atoms with Gasteiger partial charge >= 0.3 is 0 Å². The summed E-state index contributed by atoms with van der Waals surface area (Å²) >= 11 is 12.1. The lowest BCUT2D eigenvalue weighted by atomic mass is 10.2. The van der Waals surface area contributed by atoms with E-state index in [2.05, 4.69) is 25.4 Å². The molecule has 1 aliphatic heterocycles. The molecule has 0 aliphatic carbocycles. The first-order valence-corrected chi connectivity index (χ1v) is 11.4. The minimum absolute atomic E-state index is 0.512. The molecule has 10 heteroatoms. The molecule has 0 bridgehead atoms. The normalized spacial score (nSPS) is 14.6. The van der Waals surface area contributed by atoms with Gasteiger partial charge in [0.2, 0.25) is 0 Å². The number of nitrogens with one attached hydrogen (secondary N) is 1. The zero-order chi connectivity index (χ0) is 23.0. The van der Waals surface area contributed by atoms with Crippen LogP contribution < -0.4 is 14.9 Å². The van der Waals surface area contributed by atoms with Gasteiger partial charge in [-0.3, -0.25) is 10.3 Å². The third kappa shape index (κ3) is 6.23. The fraction of sp³-hybridized carbons (Fsp3) is 0.348. The number of hydrogen-bond acceptors (Lipinski definition) is 8. The number of aromatic nitrogens is 2. The minimum atomic E-state index is 0.512. The topological polar surface area (TPSA) is 81.1 Å². The number of anilines is 1. The van der Waals surface area contributed by atoms with Crippen molar-refractivity contribution in [1.82, 2.24) is 14.9 Å². The summed E-state index contributed by atoms with van der Waals surface area (Å²) in [6, 6.07) is 8.92. The maximum atomic E-state index is 6.20. The highest BCUT2D eigenvalue weighted by Crippen LogP contribution is 2.34. The minimum Gasteiger partial charge on any atom is -0.493 e. The fourth-order valence-electron chi connectivity index (χ4n) is 3.49. The SMILES string of the molecule is COc1cc2ncnc(N/N=C/c3ccc(Cl)cc3Cl)c2cc1OCCCN1CCOCC1. The van der Waals surface area contributed by atoms with Gasteiger partial charge in [-0.2, -0.15) is 5.10 Å². The van der Waals surface area contributed by atoms with Crippen LogP contribution in [-0.4, -0.2) is 67.6 Å². The quantitative estimate of drug-likeness (QED) is 0.269. The van der Waals surface area contributed by atoms with Crippen LogP contribution in [0.1, 0.15) is 12.0 Å². The first-order chi connectivity index (χ1) is 16.1. The summed E-state index contributed by atoms with van der Waals surface area (Å²) in [5.41, 5.74) is 4.41. The van der Waals surface area contributed by atoms with Gasteiger partial charge in [0.05, 0.1) is 43.7 Å². The maximum absolute atomic E-state index is 6.20. The van der Waals surface area contributed by atoms with Gasteiger partial charge in [-0.25, -0.2) is 9.97 Å². The van der Waals surface area contributed by atoms with E-state index in [1.807, 2.05) is 12.1 Å². The highest BCUT2D eigenvalue weighted by molar-refractivity contribution is 6.36. The second-order valence-electron chi connectivity index (χ2n) is 7.43. The van der Waals surface area contributed by atoms with Crippen molar-refractivity contribution in [2.75, 3.05) is 52.0 Å². The molecule has 1 aliphatic rings. The van der Waals surface area contributed by atoms with Gasteiger partial charge in [0.15, 0.2) is 17.3 Å². The van der Waals surface area contributed by atoms with E-state index in [4.69, 9.17) is 37.4 Å². The van der Waals surface area contributed by atoms with Gasteiger partial charge in [-0.15, -0.1) is 0 Å². The molecule has 0 spiro atoms. The number of halogens is 2. The summed E-state index contributed by atoms with van der Waals surface area (Å²) in [6.07, 6.45) is 3.99. The van der Waals surface area contributed by atoms with Crippen molar-refractivity contribution in [2.45, 2.75) is 6.42 Å². The molecule has 0 saturated carbocycles. The van der Waals surface area contributed by atoms with Crippen LogP contribution in [0, 0.1) is 0 Å². The number of fused-ring (bicyclic) bond motifs is 1. The third-order valence-electron chi connectivity index (χ3n) is 5.24. The maximum Gasteiger partial charge on any atom is 0.162 e. The Morgan fingerprint density at radius 1 is 1.15 bits per heavy atom. The molecule has 1 aromatic heterocycles. The predicted molar refractivity (Wildman–Crippen MR) is 131 cm³/mol. The number of nitrogens with zero attached hydrogens (tertiary/aromatic N) is 4. The molecule has 2 aromatic carbocycles. The smallest absolute Gasteiger partial charge is 0.162 e. The Morgan fingerprint density at radius 3 is 2.79 bits per heavy atom. The molecule has 0 amide bonds. The number of benzene rings is 2. The van der Waals surface area contributed by atoms with E-state index in [1.165, 1.54) is 6.33 Å². The Kier molecular flexibility index (Phi) is 8.17. The van der Waals surface area contributed by atoms with Gasteiger partial charge in [0.25, 0.3) is 0 Å². The van der Waals surface area contributed by atoms with E-state index in [-0.39, 0.29) is 0 Å². The van der Waals surface area contributed by atoms with Crippen LogP contribution in [0.15, 0.2) is 41.8 Å². The Labute approximate surface area is 202 Å². The van der Waals surface area contributed by atoms with Gasteiger partial charge < -0.3 is 14.2 Å². The van der Waals surface area contributed by atoms with Crippen LogP contribution in [-0.2, 0) is 4.74 Å². The van der Waals surface area contributed by atoms with E-state index in [0.717, 1.165) is 50.2 Å². The summed E-state index contributed by atoms with van der Waals surface area (Å²) in [5, 5.41) is 6.12. The number of morpholine rings is 1. The number of hydrogen-bond donors (Lipinski definition) is 1. The van der Waals surface area contributed by atoms with E-state index < -0.39 is 0 Å². The standard InChI is InChI=1S/C23H25Cl2N5O3/c1-31-21-13-20-18(12-22(21)33-8-2-5-30-6-9-32-10-7-30)23(27-15-26-20)29-28-14-16-3-4-17(24)11-19(16)25/h3-4,11-15H,2,5-10H2,1H3,(H,26,27,29)/b28-14+. The first-order valence-electron chi connectivity index (χ1n) is 10.6. The second-order valence-corrected chi connectivity index (χ2v) is 8.28. The molecule has 174 valence electrons. The summed E-state index contributed by atoms with van der Waals surface area (Å²) in [5.74, 6) is 1.80. The van der Waals surface area contributed by atoms with Crippen molar-refractivity contribution >= 4 is 46.1 Å². The molecule has 0 unspecified atom stereocenters. The van der Waals surface area contributed by atoms with Crippen LogP contribution in [0.5, 0.6) is 11.5 Å². The first kappa shape index (κ1) is 23.5. The van der Waals surface area contributed by atoms with Crippen molar-refractivity contribution in [1.29, 1.82) is 0 Å². The zero-order valence-electron chi connectivity index (χ0n) is 18.3. The number of ether oxygens (including phenoxy) is 3. The molecule has 1 fully saturated rings. The Bertz CT molecular complexity index is 1120. The van der Waals surface area contributed by atoms with Gasteiger partial charge in [-0.1, -0.05) is 29.3 Å².